The van der Waals surface area contributed by atoms with Crippen molar-refractivity contribution >= 4 is 33.6 Å². The number of aromatic amines is 1. The van der Waals surface area contributed by atoms with E-state index < -0.39 is 12.1 Å². The molecule has 0 bridgehead atoms. The molecule has 0 fully saturated rings. The monoisotopic (exact) mass is 398 g/mol. The first kappa shape index (κ1) is 18.2. The number of nitrogens with zero attached hydrogens (tertiary/aromatic N) is 1. The van der Waals surface area contributed by atoms with Crippen LogP contribution in [0.15, 0.2) is 29.1 Å². The minimum atomic E-state index is -0.686. The summed E-state index contributed by atoms with van der Waals surface area (Å²) >= 11 is 1.45. The van der Waals surface area contributed by atoms with Crippen molar-refractivity contribution in [3.8, 4) is 11.5 Å². The average Bonchev–Trinajstić information content (AvgIpc) is 3.24. The maximum atomic E-state index is 12.4. The van der Waals surface area contributed by atoms with E-state index in [1.165, 1.54) is 17.4 Å². The minimum absolute atomic E-state index is 0.195. The van der Waals surface area contributed by atoms with Crippen LogP contribution in [0.2, 0.25) is 0 Å². The highest BCUT2D eigenvalue weighted by Crippen LogP contribution is 2.33. The van der Waals surface area contributed by atoms with Gasteiger partial charge >= 0.3 is 5.97 Å². The van der Waals surface area contributed by atoms with Gasteiger partial charge < -0.3 is 19.2 Å². The van der Waals surface area contributed by atoms with Gasteiger partial charge in [-0.25, -0.2) is 9.78 Å². The number of H-pyrrole nitrogens is 1. The zero-order chi connectivity index (χ0) is 19.8. The number of aryl methyl sites for hydroxylation is 2. The van der Waals surface area contributed by atoms with Crippen molar-refractivity contribution in [2.75, 3.05) is 6.79 Å². The zero-order valence-electron chi connectivity index (χ0n) is 15.6. The molecule has 0 amide bonds. The predicted molar refractivity (Wildman–Crippen MR) is 106 cm³/mol. The fraction of sp³-hybridized carbons (Fsp3) is 0.250. The van der Waals surface area contributed by atoms with Crippen molar-refractivity contribution in [1.29, 1.82) is 0 Å². The Balaban J connectivity index is 1.48. The number of carbonyl (C=O) groups is 1. The number of carbonyl (C=O) groups excluding carboxylic acids is 1. The first-order chi connectivity index (χ1) is 13.4. The lowest BCUT2D eigenvalue weighted by molar-refractivity contribution is -0.142. The van der Waals surface area contributed by atoms with Gasteiger partial charge in [0.15, 0.2) is 23.4 Å². The van der Waals surface area contributed by atoms with E-state index in [0.717, 1.165) is 16.0 Å². The molecular weight excluding hydrogens is 380 g/mol. The maximum Gasteiger partial charge on any atom is 0.331 e. The molecule has 0 radical (unpaired) electrons. The number of aromatic nitrogens is 2. The Bertz CT molecular complexity index is 1160. The number of nitrogens with one attached hydrogen (secondary N) is 1. The molecule has 0 saturated carbocycles. The van der Waals surface area contributed by atoms with Crippen LogP contribution >= 0.6 is 11.3 Å². The summed E-state index contributed by atoms with van der Waals surface area (Å²) in [6.07, 6.45) is 2.26. The number of hydrogen-bond donors (Lipinski definition) is 1. The summed E-state index contributed by atoms with van der Waals surface area (Å²) in [6.45, 7) is 5.71. The standard InChI is InChI=1S/C20H18N2O5S/c1-10-12(3)28-20-17(10)19(24)21-18(22-20)11(2)27-16(23)7-5-13-4-6-14-15(8-13)26-9-25-14/h4-8,11H,9H2,1-3H3,(H,21,22,24)/b7-5+/t11-/m0/s1. The van der Waals surface area contributed by atoms with Gasteiger partial charge in [0, 0.05) is 11.0 Å². The van der Waals surface area contributed by atoms with Gasteiger partial charge in [0.2, 0.25) is 6.79 Å². The van der Waals surface area contributed by atoms with Crippen LogP contribution in [0.3, 0.4) is 0 Å². The van der Waals surface area contributed by atoms with Gasteiger partial charge in [-0.3, -0.25) is 4.79 Å². The molecule has 1 aromatic carbocycles. The van der Waals surface area contributed by atoms with Gasteiger partial charge in [-0.2, -0.15) is 0 Å². The Morgan fingerprint density at radius 3 is 2.93 bits per heavy atom. The first-order valence-electron chi connectivity index (χ1n) is 8.70. The van der Waals surface area contributed by atoms with E-state index in [1.54, 1.807) is 25.1 Å². The number of thiophene rings is 1. The van der Waals surface area contributed by atoms with Crippen LogP contribution in [0.5, 0.6) is 11.5 Å². The summed E-state index contributed by atoms with van der Waals surface area (Å²) in [5.74, 6) is 1.10. The third kappa shape index (κ3) is 3.38. The van der Waals surface area contributed by atoms with E-state index in [0.29, 0.717) is 27.5 Å². The molecular formula is C20H18N2O5S. The Morgan fingerprint density at radius 1 is 1.32 bits per heavy atom. The molecule has 0 aliphatic carbocycles. The molecule has 0 saturated heterocycles. The van der Waals surface area contributed by atoms with E-state index in [4.69, 9.17) is 14.2 Å². The SMILES string of the molecule is Cc1sc2nc([C@H](C)OC(=O)/C=C/c3ccc4c(c3)OCO4)[nH]c(=O)c2c1C. The Hall–Kier alpha value is -3.13. The molecule has 1 atom stereocenters. The highest BCUT2D eigenvalue weighted by atomic mass is 32.1. The van der Waals surface area contributed by atoms with Crippen molar-refractivity contribution in [1.82, 2.24) is 9.97 Å². The zero-order valence-corrected chi connectivity index (χ0v) is 16.4. The topological polar surface area (TPSA) is 90.5 Å². The Labute approximate surface area is 164 Å². The second-order valence-electron chi connectivity index (χ2n) is 6.44. The fourth-order valence-corrected chi connectivity index (χ4v) is 3.95. The lowest BCUT2D eigenvalue weighted by Gasteiger charge is -2.11. The number of hydrogen-bond acceptors (Lipinski definition) is 7. The third-order valence-electron chi connectivity index (χ3n) is 4.54. The minimum Gasteiger partial charge on any atom is -0.454 e. The summed E-state index contributed by atoms with van der Waals surface area (Å²) in [5.41, 5.74) is 1.49. The first-order valence-corrected chi connectivity index (χ1v) is 9.52. The van der Waals surface area contributed by atoms with E-state index in [1.807, 2.05) is 19.9 Å². The van der Waals surface area contributed by atoms with Crippen LogP contribution in [0.25, 0.3) is 16.3 Å². The number of rotatable bonds is 4. The van der Waals surface area contributed by atoms with Crippen LogP contribution in [0.4, 0.5) is 0 Å². The van der Waals surface area contributed by atoms with Crippen molar-refractivity contribution in [2.45, 2.75) is 26.9 Å². The van der Waals surface area contributed by atoms with Crippen LogP contribution in [-0.4, -0.2) is 22.7 Å². The molecule has 7 nitrogen and oxygen atoms in total. The Morgan fingerprint density at radius 2 is 2.11 bits per heavy atom. The number of ether oxygens (including phenoxy) is 3. The van der Waals surface area contributed by atoms with E-state index in [-0.39, 0.29) is 12.4 Å². The quantitative estimate of drug-likeness (QED) is 0.533. The van der Waals surface area contributed by atoms with Crippen molar-refractivity contribution in [3.05, 3.63) is 56.5 Å². The second kappa shape index (κ2) is 7.12. The molecule has 0 spiro atoms. The summed E-state index contributed by atoms with van der Waals surface area (Å²) in [6, 6.07) is 5.38. The molecule has 0 unspecified atom stereocenters. The number of fused-ring (bicyclic) bond motifs is 2. The molecule has 1 N–H and O–H groups in total. The molecule has 8 heteroatoms. The molecule has 3 aromatic rings. The van der Waals surface area contributed by atoms with E-state index in [2.05, 4.69) is 9.97 Å². The number of esters is 1. The van der Waals surface area contributed by atoms with Crippen LogP contribution in [0.1, 0.15) is 34.9 Å². The molecule has 28 heavy (non-hydrogen) atoms. The van der Waals surface area contributed by atoms with Crippen LogP contribution in [0, 0.1) is 13.8 Å². The smallest absolute Gasteiger partial charge is 0.331 e. The van der Waals surface area contributed by atoms with Gasteiger partial charge in [0.25, 0.3) is 5.56 Å². The van der Waals surface area contributed by atoms with Gasteiger partial charge in [-0.1, -0.05) is 6.07 Å². The normalized spacial score (nSPS) is 14.0. The maximum absolute atomic E-state index is 12.4. The summed E-state index contributed by atoms with van der Waals surface area (Å²) < 4.78 is 16.0. The summed E-state index contributed by atoms with van der Waals surface area (Å²) in [7, 11) is 0. The molecule has 144 valence electrons. The van der Waals surface area contributed by atoms with Gasteiger partial charge in [-0.05, 0) is 50.1 Å². The lowest BCUT2D eigenvalue weighted by atomic mass is 10.2. The molecule has 1 aliphatic rings. The largest absolute Gasteiger partial charge is 0.454 e. The van der Waals surface area contributed by atoms with Crippen molar-refractivity contribution < 1.29 is 19.0 Å². The van der Waals surface area contributed by atoms with Crippen molar-refractivity contribution in [2.24, 2.45) is 0 Å². The summed E-state index contributed by atoms with van der Waals surface area (Å²) in [5, 5.41) is 0.590. The second-order valence-corrected chi connectivity index (χ2v) is 7.64. The number of benzene rings is 1. The summed E-state index contributed by atoms with van der Waals surface area (Å²) in [4.78, 5) is 33.4. The van der Waals surface area contributed by atoms with Gasteiger partial charge in [0.05, 0.1) is 5.39 Å². The lowest BCUT2D eigenvalue weighted by Crippen LogP contribution is -2.16. The molecule has 4 rings (SSSR count). The van der Waals surface area contributed by atoms with Gasteiger partial charge in [-0.15, -0.1) is 11.3 Å². The third-order valence-corrected chi connectivity index (χ3v) is 5.65. The fourth-order valence-electron chi connectivity index (χ4n) is 2.91. The highest BCUT2D eigenvalue weighted by molar-refractivity contribution is 7.18. The van der Waals surface area contributed by atoms with E-state index >= 15 is 0 Å². The van der Waals surface area contributed by atoms with Crippen LogP contribution < -0.4 is 15.0 Å². The average molecular weight is 398 g/mol. The van der Waals surface area contributed by atoms with Crippen LogP contribution in [-0.2, 0) is 9.53 Å². The predicted octanol–water partition coefficient (Wildman–Crippen LogP) is 3.65. The van der Waals surface area contributed by atoms with E-state index in [9.17, 15) is 9.59 Å². The van der Waals surface area contributed by atoms with Crippen molar-refractivity contribution in [3.63, 3.8) is 0 Å². The molecule has 2 aromatic heterocycles. The Kier molecular flexibility index (Phi) is 4.64. The molecule has 3 heterocycles. The van der Waals surface area contributed by atoms with Gasteiger partial charge in [0.1, 0.15) is 4.83 Å². The highest BCUT2D eigenvalue weighted by Gasteiger charge is 2.17. The molecule has 1 aliphatic heterocycles.